The first-order chi connectivity index (χ1) is 12.2. The summed E-state index contributed by atoms with van der Waals surface area (Å²) >= 11 is 0. The first-order valence-electron chi connectivity index (χ1n) is 7.77. The van der Waals surface area contributed by atoms with Crippen LogP contribution in [0.15, 0.2) is 60.7 Å². The molecule has 0 spiro atoms. The lowest BCUT2D eigenvalue weighted by Gasteiger charge is -2.11. The van der Waals surface area contributed by atoms with Crippen molar-refractivity contribution in [1.29, 1.82) is 5.26 Å². The van der Waals surface area contributed by atoms with E-state index in [0.717, 1.165) is 16.3 Å². The number of pyridine rings is 1. The van der Waals surface area contributed by atoms with E-state index in [1.165, 1.54) is 0 Å². The Bertz CT molecular complexity index is 1160. The van der Waals surface area contributed by atoms with Gasteiger partial charge in [0.15, 0.2) is 0 Å². The lowest BCUT2D eigenvalue weighted by atomic mass is 10.0. The van der Waals surface area contributed by atoms with E-state index in [4.69, 9.17) is 5.26 Å². The molecular formula is C20H13N3O2. The van der Waals surface area contributed by atoms with Crippen LogP contribution in [0.3, 0.4) is 0 Å². The molecule has 0 atom stereocenters. The van der Waals surface area contributed by atoms with Crippen molar-refractivity contribution in [3.05, 3.63) is 77.6 Å². The lowest BCUT2D eigenvalue weighted by Crippen LogP contribution is -2.10. The number of benzene rings is 2. The van der Waals surface area contributed by atoms with Gasteiger partial charge in [-0.25, -0.2) is 9.78 Å². The standard InChI is InChI=1S/C20H13N3O2/c21-11-16-9-8-14-10-18(20(24)25)23(19(14)22-16)12-15-6-3-5-13-4-1-2-7-17(13)15/h1-10H,12H2,(H,24,25). The summed E-state index contributed by atoms with van der Waals surface area (Å²) in [6.07, 6.45) is 0. The number of rotatable bonds is 3. The van der Waals surface area contributed by atoms with Gasteiger partial charge >= 0.3 is 5.97 Å². The highest BCUT2D eigenvalue weighted by molar-refractivity contribution is 5.94. The molecule has 2 aromatic heterocycles. The predicted molar refractivity (Wildman–Crippen MR) is 94.5 cm³/mol. The number of nitriles is 1. The molecule has 0 amide bonds. The van der Waals surface area contributed by atoms with Crippen LogP contribution >= 0.6 is 0 Å². The van der Waals surface area contributed by atoms with Gasteiger partial charge in [0.25, 0.3) is 0 Å². The van der Waals surface area contributed by atoms with Crippen LogP contribution in [0.2, 0.25) is 0 Å². The second-order valence-electron chi connectivity index (χ2n) is 5.78. The largest absolute Gasteiger partial charge is 0.477 e. The fourth-order valence-electron chi connectivity index (χ4n) is 3.13. The molecule has 0 aliphatic heterocycles. The van der Waals surface area contributed by atoms with Gasteiger partial charge in [-0.15, -0.1) is 0 Å². The lowest BCUT2D eigenvalue weighted by molar-refractivity contribution is 0.0686. The quantitative estimate of drug-likeness (QED) is 0.620. The van der Waals surface area contributed by atoms with Crippen molar-refractivity contribution in [3.8, 4) is 6.07 Å². The second-order valence-corrected chi connectivity index (χ2v) is 5.78. The summed E-state index contributed by atoms with van der Waals surface area (Å²) < 4.78 is 1.65. The molecule has 1 N–H and O–H groups in total. The maximum absolute atomic E-state index is 11.7. The molecule has 5 heteroatoms. The van der Waals surface area contributed by atoms with Gasteiger partial charge in [0, 0.05) is 5.39 Å². The topological polar surface area (TPSA) is 78.9 Å². The van der Waals surface area contributed by atoms with E-state index in [1.807, 2.05) is 48.5 Å². The Hall–Kier alpha value is -3.65. The Labute approximate surface area is 143 Å². The van der Waals surface area contributed by atoms with Crippen molar-refractivity contribution >= 4 is 27.8 Å². The minimum Gasteiger partial charge on any atom is -0.477 e. The van der Waals surface area contributed by atoms with Crippen LogP contribution in [-0.4, -0.2) is 20.6 Å². The van der Waals surface area contributed by atoms with Gasteiger partial charge in [0.1, 0.15) is 23.1 Å². The van der Waals surface area contributed by atoms with Gasteiger partial charge in [0.2, 0.25) is 0 Å². The third kappa shape index (κ3) is 2.50. The molecule has 5 nitrogen and oxygen atoms in total. The van der Waals surface area contributed by atoms with E-state index in [0.29, 0.717) is 17.6 Å². The molecule has 0 bridgehead atoms. The van der Waals surface area contributed by atoms with Crippen molar-refractivity contribution in [2.75, 3.05) is 0 Å². The first-order valence-corrected chi connectivity index (χ1v) is 7.77. The van der Waals surface area contributed by atoms with Gasteiger partial charge in [-0.3, -0.25) is 0 Å². The number of carboxylic acid groups (broad SMARTS) is 1. The summed E-state index contributed by atoms with van der Waals surface area (Å²) in [4.78, 5) is 16.0. The molecule has 0 fully saturated rings. The van der Waals surface area contributed by atoms with Crippen molar-refractivity contribution < 1.29 is 9.90 Å². The summed E-state index contributed by atoms with van der Waals surface area (Å²) in [6.45, 7) is 0.369. The zero-order valence-corrected chi connectivity index (χ0v) is 13.2. The third-order valence-electron chi connectivity index (χ3n) is 4.29. The molecule has 0 saturated carbocycles. The van der Waals surface area contributed by atoms with Crippen LogP contribution in [0.5, 0.6) is 0 Å². The SMILES string of the molecule is N#Cc1ccc2cc(C(=O)O)n(Cc3cccc4ccccc34)c2n1. The highest BCUT2D eigenvalue weighted by atomic mass is 16.4. The van der Waals surface area contributed by atoms with Crippen LogP contribution in [0.1, 0.15) is 21.7 Å². The maximum atomic E-state index is 11.7. The molecule has 4 aromatic rings. The number of hydrogen-bond acceptors (Lipinski definition) is 3. The van der Waals surface area contributed by atoms with E-state index in [2.05, 4.69) is 4.98 Å². The Morgan fingerprint density at radius 3 is 2.68 bits per heavy atom. The number of carbonyl (C=O) groups is 1. The van der Waals surface area contributed by atoms with Crippen LogP contribution < -0.4 is 0 Å². The van der Waals surface area contributed by atoms with E-state index in [9.17, 15) is 9.90 Å². The first kappa shape index (κ1) is 14.9. The molecular weight excluding hydrogens is 314 g/mol. The zero-order valence-electron chi connectivity index (χ0n) is 13.2. The number of nitrogens with zero attached hydrogens (tertiary/aromatic N) is 3. The number of carboxylic acids is 1. The maximum Gasteiger partial charge on any atom is 0.352 e. The Morgan fingerprint density at radius 2 is 1.88 bits per heavy atom. The Balaban J connectivity index is 1.94. The monoisotopic (exact) mass is 327 g/mol. The molecule has 120 valence electrons. The fraction of sp³-hybridized carbons (Fsp3) is 0.0500. The van der Waals surface area contributed by atoms with Gasteiger partial charge < -0.3 is 9.67 Å². The average molecular weight is 327 g/mol. The highest BCUT2D eigenvalue weighted by Crippen LogP contribution is 2.24. The zero-order chi connectivity index (χ0) is 17.4. The number of hydrogen-bond donors (Lipinski definition) is 1. The highest BCUT2D eigenvalue weighted by Gasteiger charge is 2.17. The van der Waals surface area contributed by atoms with Crippen molar-refractivity contribution in [1.82, 2.24) is 9.55 Å². The fourth-order valence-corrected chi connectivity index (χ4v) is 3.13. The van der Waals surface area contributed by atoms with Crippen molar-refractivity contribution in [2.24, 2.45) is 0 Å². The average Bonchev–Trinajstić information content (AvgIpc) is 3.00. The van der Waals surface area contributed by atoms with Crippen LogP contribution in [-0.2, 0) is 6.54 Å². The Morgan fingerprint density at radius 1 is 1.08 bits per heavy atom. The summed E-state index contributed by atoms with van der Waals surface area (Å²) in [5.74, 6) is -1.02. The Kier molecular flexibility index (Phi) is 3.44. The molecule has 0 aliphatic rings. The summed E-state index contributed by atoms with van der Waals surface area (Å²) in [7, 11) is 0. The second kappa shape index (κ2) is 5.77. The molecule has 2 aromatic carbocycles. The van der Waals surface area contributed by atoms with Gasteiger partial charge in [-0.2, -0.15) is 5.26 Å². The van der Waals surface area contributed by atoms with Crippen LogP contribution in [0.25, 0.3) is 21.8 Å². The minimum absolute atomic E-state index is 0.158. The predicted octanol–water partition coefficient (Wildman–Crippen LogP) is 3.81. The molecule has 4 rings (SSSR count). The summed E-state index contributed by atoms with van der Waals surface area (Å²) in [5, 5.41) is 21.5. The minimum atomic E-state index is -1.02. The molecule has 0 aliphatic carbocycles. The van der Waals surface area contributed by atoms with Crippen molar-refractivity contribution in [3.63, 3.8) is 0 Å². The number of aromatic carboxylic acids is 1. The normalized spacial score (nSPS) is 10.8. The van der Waals surface area contributed by atoms with Gasteiger partial charge in [0.05, 0.1) is 6.54 Å². The third-order valence-corrected chi connectivity index (χ3v) is 4.29. The van der Waals surface area contributed by atoms with Crippen LogP contribution in [0.4, 0.5) is 0 Å². The molecule has 25 heavy (non-hydrogen) atoms. The van der Waals surface area contributed by atoms with E-state index in [-0.39, 0.29) is 11.4 Å². The van der Waals surface area contributed by atoms with Gasteiger partial charge in [-0.1, -0.05) is 42.5 Å². The molecule has 0 unspecified atom stereocenters. The van der Waals surface area contributed by atoms with E-state index >= 15 is 0 Å². The van der Waals surface area contributed by atoms with E-state index in [1.54, 1.807) is 22.8 Å². The summed E-state index contributed by atoms with van der Waals surface area (Å²) in [5.41, 5.74) is 1.93. The van der Waals surface area contributed by atoms with Crippen molar-refractivity contribution in [2.45, 2.75) is 6.54 Å². The molecule has 2 heterocycles. The number of fused-ring (bicyclic) bond motifs is 2. The van der Waals surface area contributed by atoms with Gasteiger partial charge in [-0.05, 0) is 34.5 Å². The molecule has 0 saturated heterocycles. The smallest absolute Gasteiger partial charge is 0.352 e. The van der Waals surface area contributed by atoms with E-state index < -0.39 is 5.97 Å². The molecule has 0 radical (unpaired) electrons. The van der Waals surface area contributed by atoms with Crippen LogP contribution in [0, 0.1) is 11.3 Å². The summed E-state index contributed by atoms with van der Waals surface area (Å²) in [6, 6.07) is 20.9. The number of aromatic nitrogens is 2.